The lowest BCUT2D eigenvalue weighted by molar-refractivity contribution is -0.136. The van der Waals surface area contributed by atoms with Gasteiger partial charge in [0, 0.05) is 24.5 Å². The summed E-state index contributed by atoms with van der Waals surface area (Å²) in [6, 6.07) is 11.0. The van der Waals surface area contributed by atoms with Crippen molar-refractivity contribution in [3.8, 4) is 5.75 Å². The Balaban J connectivity index is 1.27. The molecule has 0 spiro atoms. The van der Waals surface area contributed by atoms with E-state index in [1.807, 2.05) is 30.3 Å². The van der Waals surface area contributed by atoms with Gasteiger partial charge in [-0.15, -0.1) is 0 Å². The molecule has 1 amide bonds. The smallest absolute Gasteiger partial charge is 0.237 e. The van der Waals surface area contributed by atoms with Crippen LogP contribution in [-0.2, 0) is 4.79 Å². The lowest BCUT2D eigenvalue weighted by Gasteiger charge is -2.35. The topological polar surface area (TPSA) is 32.8 Å². The molecule has 2 aliphatic carbocycles. The van der Waals surface area contributed by atoms with Gasteiger partial charge >= 0.3 is 0 Å². The zero-order chi connectivity index (χ0) is 17.9. The van der Waals surface area contributed by atoms with E-state index in [-0.39, 0.29) is 0 Å². The normalized spacial score (nSPS) is 24.9. The Kier molecular flexibility index (Phi) is 5.49. The molecule has 1 aromatic rings. The molecule has 2 saturated carbocycles. The average Bonchev–Trinajstić information content (AvgIpc) is 3.55. The van der Waals surface area contributed by atoms with E-state index in [1.54, 1.807) is 0 Å². The van der Waals surface area contributed by atoms with E-state index in [4.69, 9.17) is 4.74 Å². The summed E-state index contributed by atoms with van der Waals surface area (Å²) >= 11 is 0. The Labute approximate surface area is 157 Å². The maximum atomic E-state index is 13.0. The second-order valence-electron chi connectivity index (χ2n) is 8.48. The Morgan fingerprint density at radius 2 is 1.96 bits per heavy atom. The number of nitrogens with zero attached hydrogens (tertiary/aromatic N) is 2. The SMILES string of the molecule is CC(C1CC1)N(C(=O)CN1CCCC(COc2ccccc2)C1)C1CC1. The molecule has 2 unspecified atom stereocenters. The van der Waals surface area contributed by atoms with Gasteiger partial charge in [0.05, 0.1) is 13.2 Å². The predicted molar refractivity (Wildman–Crippen MR) is 103 cm³/mol. The molecule has 0 N–H and O–H groups in total. The molecule has 1 heterocycles. The van der Waals surface area contributed by atoms with Crippen LogP contribution in [0.2, 0.25) is 0 Å². The molecule has 26 heavy (non-hydrogen) atoms. The lowest BCUT2D eigenvalue weighted by atomic mass is 9.99. The van der Waals surface area contributed by atoms with Crippen molar-refractivity contribution in [3.63, 3.8) is 0 Å². The zero-order valence-electron chi connectivity index (χ0n) is 16.0. The van der Waals surface area contributed by atoms with Gasteiger partial charge in [-0.25, -0.2) is 0 Å². The number of benzene rings is 1. The Morgan fingerprint density at radius 3 is 2.65 bits per heavy atom. The molecule has 4 heteroatoms. The van der Waals surface area contributed by atoms with Gasteiger partial charge in [-0.1, -0.05) is 18.2 Å². The summed E-state index contributed by atoms with van der Waals surface area (Å²) in [7, 11) is 0. The van der Waals surface area contributed by atoms with Crippen LogP contribution in [0.1, 0.15) is 45.4 Å². The highest BCUT2D eigenvalue weighted by atomic mass is 16.5. The monoisotopic (exact) mass is 356 g/mol. The minimum Gasteiger partial charge on any atom is -0.493 e. The molecular formula is C22H32N2O2. The largest absolute Gasteiger partial charge is 0.493 e. The van der Waals surface area contributed by atoms with Gasteiger partial charge in [0.2, 0.25) is 5.91 Å². The fraction of sp³-hybridized carbons (Fsp3) is 0.682. The molecule has 1 saturated heterocycles. The Morgan fingerprint density at radius 1 is 1.19 bits per heavy atom. The molecule has 3 fully saturated rings. The zero-order valence-corrected chi connectivity index (χ0v) is 16.0. The van der Waals surface area contributed by atoms with Gasteiger partial charge in [-0.2, -0.15) is 0 Å². The third-order valence-corrected chi connectivity index (χ3v) is 6.16. The number of hydrogen-bond acceptors (Lipinski definition) is 3. The second-order valence-corrected chi connectivity index (χ2v) is 8.48. The number of likely N-dealkylation sites (tertiary alicyclic amines) is 1. The molecular weight excluding hydrogens is 324 g/mol. The van der Waals surface area contributed by atoms with Crippen molar-refractivity contribution in [1.82, 2.24) is 9.80 Å². The van der Waals surface area contributed by atoms with E-state index < -0.39 is 0 Å². The molecule has 0 radical (unpaired) electrons. The third kappa shape index (κ3) is 4.59. The summed E-state index contributed by atoms with van der Waals surface area (Å²) < 4.78 is 5.95. The van der Waals surface area contributed by atoms with E-state index in [0.717, 1.165) is 37.8 Å². The molecule has 0 bridgehead atoms. The highest BCUT2D eigenvalue weighted by molar-refractivity contribution is 5.79. The maximum Gasteiger partial charge on any atom is 0.237 e. The third-order valence-electron chi connectivity index (χ3n) is 6.16. The van der Waals surface area contributed by atoms with Crippen LogP contribution in [0.5, 0.6) is 5.75 Å². The minimum atomic E-state index is 0.358. The lowest BCUT2D eigenvalue weighted by Crippen LogP contribution is -2.49. The molecule has 4 rings (SSSR count). The molecule has 1 aromatic carbocycles. The average molecular weight is 357 g/mol. The molecule has 3 aliphatic rings. The van der Waals surface area contributed by atoms with Crippen LogP contribution in [0.25, 0.3) is 0 Å². The van der Waals surface area contributed by atoms with Crippen molar-refractivity contribution < 1.29 is 9.53 Å². The molecule has 4 nitrogen and oxygen atoms in total. The van der Waals surface area contributed by atoms with Gasteiger partial charge in [-0.05, 0) is 70.0 Å². The summed E-state index contributed by atoms with van der Waals surface area (Å²) in [6.45, 7) is 5.63. The molecule has 0 aromatic heterocycles. The van der Waals surface area contributed by atoms with Gasteiger partial charge in [-0.3, -0.25) is 9.69 Å². The quantitative estimate of drug-likeness (QED) is 0.714. The van der Waals surface area contributed by atoms with E-state index in [1.165, 1.54) is 32.1 Å². The van der Waals surface area contributed by atoms with Crippen LogP contribution in [-0.4, -0.2) is 54.0 Å². The maximum absolute atomic E-state index is 13.0. The van der Waals surface area contributed by atoms with Crippen molar-refractivity contribution in [2.24, 2.45) is 11.8 Å². The van der Waals surface area contributed by atoms with Crippen LogP contribution in [0.3, 0.4) is 0 Å². The van der Waals surface area contributed by atoms with Crippen molar-refractivity contribution in [1.29, 1.82) is 0 Å². The Bertz CT molecular complexity index is 597. The first-order valence-electron chi connectivity index (χ1n) is 10.4. The second kappa shape index (κ2) is 7.99. The number of piperidine rings is 1. The molecule has 2 atom stereocenters. The summed E-state index contributed by atoms with van der Waals surface area (Å²) in [4.78, 5) is 17.6. The number of ether oxygens (including phenoxy) is 1. The van der Waals surface area contributed by atoms with E-state index in [2.05, 4.69) is 16.7 Å². The molecule has 142 valence electrons. The first-order chi connectivity index (χ1) is 12.7. The van der Waals surface area contributed by atoms with Crippen molar-refractivity contribution >= 4 is 5.91 Å². The summed E-state index contributed by atoms with van der Waals surface area (Å²) in [5.41, 5.74) is 0. The van der Waals surface area contributed by atoms with Gasteiger partial charge < -0.3 is 9.64 Å². The summed E-state index contributed by atoms with van der Waals surface area (Å²) in [5.74, 6) is 2.58. The van der Waals surface area contributed by atoms with E-state index >= 15 is 0 Å². The minimum absolute atomic E-state index is 0.358. The van der Waals surface area contributed by atoms with Crippen LogP contribution in [0.15, 0.2) is 30.3 Å². The fourth-order valence-corrected chi connectivity index (χ4v) is 4.36. The predicted octanol–water partition coefficient (Wildman–Crippen LogP) is 3.57. The van der Waals surface area contributed by atoms with Gasteiger partial charge in [0.15, 0.2) is 0 Å². The highest BCUT2D eigenvalue weighted by Gasteiger charge is 2.41. The number of carbonyl (C=O) groups is 1. The van der Waals surface area contributed by atoms with Gasteiger partial charge in [0.1, 0.15) is 5.75 Å². The van der Waals surface area contributed by atoms with Crippen LogP contribution < -0.4 is 4.74 Å². The fourth-order valence-electron chi connectivity index (χ4n) is 4.36. The van der Waals surface area contributed by atoms with Crippen LogP contribution in [0, 0.1) is 11.8 Å². The first-order valence-corrected chi connectivity index (χ1v) is 10.4. The first kappa shape index (κ1) is 17.8. The Hall–Kier alpha value is -1.55. The number of amides is 1. The number of rotatable bonds is 8. The van der Waals surface area contributed by atoms with Crippen molar-refractivity contribution in [2.45, 2.75) is 57.5 Å². The van der Waals surface area contributed by atoms with E-state index in [0.29, 0.717) is 30.5 Å². The number of carbonyl (C=O) groups excluding carboxylic acids is 1. The number of para-hydroxylation sites is 1. The summed E-state index contributed by atoms with van der Waals surface area (Å²) in [5, 5.41) is 0. The van der Waals surface area contributed by atoms with Crippen LogP contribution >= 0.6 is 0 Å². The molecule has 1 aliphatic heterocycles. The summed E-state index contributed by atoms with van der Waals surface area (Å²) in [6.07, 6.45) is 7.38. The van der Waals surface area contributed by atoms with Crippen LogP contribution in [0.4, 0.5) is 0 Å². The van der Waals surface area contributed by atoms with Gasteiger partial charge in [0.25, 0.3) is 0 Å². The highest BCUT2D eigenvalue weighted by Crippen LogP contribution is 2.39. The van der Waals surface area contributed by atoms with Crippen molar-refractivity contribution in [2.75, 3.05) is 26.2 Å². The standard InChI is InChI=1S/C22H32N2O2/c1-17(19-9-10-19)24(20-11-12-20)22(25)15-23-13-5-6-18(14-23)16-26-21-7-3-2-4-8-21/h2-4,7-8,17-20H,5-6,9-16H2,1H3. The number of hydrogen-bond donors (Lipinski definition) is 0. The van der Waals surface area contributed by atoms with E-state index in [9.17, 15) is 4.79 Å². The van der Waals surface area contributed by atoms with Crippen molar-refractivity contribution in [3.05, 3.63) is 30.3 Å².